The van der Waals surface area contributed by atoms with E-state index in [1.807, 2.05) is 49.4 Å². The Morgan fingerprint density at radius 1 is 1.03 bits per heavy atom. The van der Waals surface area contributed by atoms with Gasteiger partial charge in [-0.25, -0.2) is 0 Å². The smallest absolute Gasteiger partial charge is 0.247 e. The first-order valence-electron chi connectivity index (χ1n) is 9.48. The Bertz CT molecular complexity index is 1030. The van der Waals surface area contributed by atoms with Crippen molar-refractivity contribution < 1.29 is 19.1 Å². The minimum Gasteiger partial charge on any atom is -0.493 e. The number of carbonyl (C=O) groups is 2. The Kier molecular flexibility index (Phi) is 6.49. The third-order valence-electron chi connectivity index (χ3n) is 4.76. The molecule has 3 aromatic rings. The van der Waals surface area contributed by atoms with Crippen LogP contribution in [-0.2, 0) is 11.2 Å². The maximum Gasteiger partial charge on any atom is 0.247 e. The van der Waals surface area contributed by atoms with Gasteiger partial charge in [-0.2, -0.15) is 9.78 Å². The zero-order valence-corrected chi connectivity index (χ0v) is 16.9. The molecule has 1 N–H and O–H groups in total. The maximum atomic E-state index is 12.5. The molecule has 0 aliphatic rings. The van der Waals surface area contributed by atoms with Crippen LogP contribution in [0.3, 0.4) is 0 Å². The van der Waals surface area contributed by atoms with Crippen molar-refractivity contribution in [2.24, 2.45) is 0 Å². The molecule has 7 heteroatoms. The van der Waals surface area contributed by atoms with Gasteiger partial charge in [0.05, 0.1) is 25.4 Å². The van der Waals surface area contributed by atoms with E-state index >= 15 is 0 Å². The highest BCUT2D eigenvalue weighted by molar-refractivity contribution is 5.93. The van der Waals surface area contributed by atoms with Gasteiger partial charge in [0.1, 0.15) is 0 Å². The molecule has 1 heterocycles. The second kappa shape index (κ2) is 9.23. The molecule has 29 heavy (non-hydrogen) atoms. The number of ether oxygens (including phenoxy) is 2. The number of amides is 1. The number of para-hydroxylation sites is 1. The summed E-state index contributed by atoms with van der Waals surface area (Å²) in [6.45, 7) is 2.35. The van der Waals surface area contributed by atoms with E-state index in [1.54, 1.807) is 14.2 Å². The summed E-state index contributed by atoms with van der Waals surface area (Å²) < 4.78 is 11.9. The molecule has 0 saturated carbocycles. The molecule has 2 aromatic carbocycles. The normalized spacial score (nSPS) is 10.7. The van der Waals surface area contributed by atoms with Crippen LogP contribution in [0.5, 0.6) is 11.5 Å². The number of hydrogen-bond acceptors (Lipinski definition) is 5. The van der Waals surface area contributed by atoms with E-state index in [4.69, 9.17) is 9.47 Å². The summed E-state index contributed by atoms with van der Waals surface area (Å²) in [5.41, 5.74) is 2.59. The quantitative estimate of drug-likeness (QED) is 0.634. The highest BCUT2D eigenvalue weighted by Gasteiger charge is 2.14. The fourth-order valence-electron chi connectivity index (χ4n) is 3.21. The number of nitrogens with zero attached hydrogens (tertiary/aromatic N) is 2. The number of aryl methyl sites for hydroxylation is 1. The van der Waals surface area contributed by atoms with Crippen molar-refractivity contribution in [1.29, 1.82) is 0 Å². The Labute approximate surface area is 169 Å². The monoisotopic (exact) mass is 395 g/mol. The topological polar surface area (TPSA) is 82.5 Å². The largest absolute Gasteiger partial charge is 0.493 e. The lowest BCUT2D eigenvalue weighted by atomic mass is 10.1. The lowest BCUT2D eigenvalue weighted by molar-refractivity contribution is -0.121. The number of methoxy groups -OCH3 is 2. The van der Waals surface area contributed by atoms with Crippen LogP contribution in [0, 0.1) is 6.92 Å². The zero-order valence-electron chi connectivity index (χ0n) is 16.9. The Morgan fingerprint density at radius 2 is 1.79 bits per heavy atom. The average Bonchev–Trinajstić information content (AvgIpc) is 3.09. The van der Waals surface area contributed by atoms with Gasteiger partial charge in [0, 0.05) is 24.8 Å². The molecular weight excluding hydrogens is 370 g/mol. The maximum absolute atomic E-state index is 12.5. The molecule has 1 amide bonds. The first kappa shape index (κ1) is 20.4. The number of fused-ring (bicyclic) bond motifs is 1. The van der Waals surface area contributed by atoms with Crippen LogP contribution >= 0.6 is 0 Å². The van der Waals surface area contributed by atoms with E-state index in [0.29, 0.717) is 24.5 Å². The standard InChI is InChI=1S/C22H25N3O4/c1-15-17-6-4-5-7-18(17)25(24-15)22(27)11-10-21(26)23-13-12-16-8-9-19(28-2)20(14-16)29-3/h4-9,14H,10-13H2,1-3H3,(H,23,26). The van der Waals surface area contributed by atoms with Gasteiger partial charge in [-0.1, -0.05) is 24.3 Å². The van der Waals surface area contributed by atoms with Gasteiger partial charge in [-0.15, -0.1) is 0 Å². The van der Waals surface area contributed by atoms with Gasteiger partial charge in [-0.05, 0) is 37.1 Å². The molecule has 0 unspecified atom stereocenters. The van der Waals surface area contributed by atoms with Crippen LogP contribution in [-0.4, -0.2) is 42.4 Å². The summed E-state index contributed by atoms with van der Waals surface area (Å²) in [6.07, 6.45) is 0.883. The number of rotatable bonds is 8. The molecule has 0 aliphatic heterocycles. The first-order chi connectivity index (χ1) is 14.0. The van der Waals surface area contributed by atoms with Crippen molar-refractivity contribution in [2.45, 2.75) is 26.2 Å². The van der Waals surface area contributed by atoms with Crippen molar-refractivity contribution in [2.75, 3.05) is 20.8 Å². The van der Waals surface area contributed by atoms with Crippen LogP contribution in [0.1, 0.15) is 28.9 Å². The number of benzene rings is 2. The van der Waals surface area contributed by atoms with Gasteiger partial charge >= 0.3 is 0 Å². The summed E-state index contributed by atoms with van der Waals surface area (Å²) >= 11 is 0. The van der Waals surface area contributed by atoms with Crippen LogP contribution in [0.25, 0.3) is 10.9 Å². The first-order valence-corrected chi connectivity index (χ1v) is 9.48. The third-order valence-corrected chi connectivity index (χ3v) is 4.76. The molecule has 1 aromatic heterocycles. The van der Waals surface area contributed by atoms with Crippen molar-refractivity contribution in [3.63, 3.8) is 0 Å². The molecule has 3 rings (SSSR count). The summed E-state index contributed by atoms with van der Waals surface area (Å²) in [6, 6.07) is 13.2. The zero-order chi connectivity index (χ0) is 20.8. The second-order valence-corrected chi connectivity index (χ2v) is 6.70. The molecular formula is C22H25N3O4. The minimum atomic E-state index is -0.190. The minimum absolute atomic E-state index is 0.104. The van der Waals surface area contributed by atoms with Gasteiger partial charge in [0.25, 0.3) is 0 Å². The number of aromatic nitrogens is 2. The van der Waals surface area contributed by atoms with E-state index in [1.165, 1.54) is 4.68 Å². The number of carbonyl (C=O) groups excluding carboxylic acids is 2. The summed E-state index contributed by atoms with van der Waals surface area (Å²) in [5, 5.41) is 8.11. The van der Waals surface area contributed by atoms with Crippen LogP contribution in [0.15, 0.2) is 42.5 Å². The molecule has 0 atom stereocenters. The fourth-order valence-corrected chi connectivity index (χ4v) is 3.21. The third kappa shape index (κ3) is 4.74. The van der Waals surface area contributed by atoms with Crippen LogP contribution < -0.4 is 14.8 Å². The van der Waals surface area contributed by atoms with Gasteiger partial charge < -0.3 is 14.8 Å². The molecule has 0 saturated heterocycles. The number of nitrogens with one attached hydrogen (secondary N) is 1. The highest BCUT2D eigenvalue weighted by Crippen LogP contribution is 2.27. The highest BCUT2D eigenvalue weighted by atomic mass is 16.5. The summed E-state index contributed by atoms with van der Waals surface area (Å²) in [5.74, 6) is 0.972. The molecule has 0 aliphatic carbocycles. The van der Waals surface area contributed by atoms with Crippen molar-refractivity contribution in [3.8, 4) is 11.5 Å². The average molecular weight is 395 g/mol. The van der Waals surface area contributed by atoms with Crippen molar-refractivity contribution >= 4 is 22.7 Å². The summed E-state index contributed by atoms with van der Waals surface area (Å²) in [7, 11) is 3.18. The predicted molar refractivity (Wildman–Crippen MR) is 111 cm³/mol. The van der Waals surface area contributed by atoms with E-state index < -0.39 is 0 Å². The van der Waals surface area contributed by atoms with Crippen LogP contribution in [0.2, 0.25) is 0 Å². The lowest BCUT2D eigenvalue weighted by Gasteiger charge is -2.10. The van der Waals surface area contributed by atoms with E-state index in [2.05, 4.69) is 10.4 Å². The molecule has 7 nitrogen and oxygen atoms in total. The molecule has 0 radical (unpaired) electrons. The number of hydrogen-bond donors (Lipinski definition) is 1. The Balaban J connectivity index is 1.49. The second-order valence-electron chi connectivity index (χ2n) is 6.70. The predicted octanol–water partition coefficient (Wildman–Crippen LogP) is 3.14. The Hall–Kier alpha value is -3.35. The van der Waals surface area contributed by atoms with Crippen molar-refractivity contribution in [3.05, 3.63) is 53.7 Å². The van der Waals surface area contributed by atoms with Gasteiger partial charge in [0.15, 0.2) is 11.5 Å². The molecule has 0 bridgehead atoms. The SMILES string of the molecule is COc1ccc(CCNC(=O)CCC(=O)n2nc(C)c3ccccc32)cc1OC. The van der Waals surface area contributed by atoms with Crippen LogP contribution in [0.4, 0.5) is 0 Å². The van der Waals surface area contributed by atoms with E-state index in [-0.39, 0.29) is 24.7 Å². The van der Waals surface area contributed by atoms with Gasteiger partial charge in [0.2, 0.25) is 11.8 Å². The fraction of sp³-hybridized carbons (Fsp3) is 0.318. The van der Waals surface area contributed by atoms with E-state index in [9.17, 15) is 9.59 Å². The van der Waals surface area contributed by atoms with Gasteiger partial charge in [-0.3, -0.25) is 9.59 Å². The Morgan fingerprint density at radius 3 is 2.55 bits per heavy atom. The van der Waals surface area contributed by atoms with E-state index in [0.717, 1.165) is 22.2 Å². The molecule has 152 valence electrons. The molecule has 0 spiro atoms. The lowest BCUT2D eigenvalue weighted by Crippen LogP contribution is -2.26. The molecule has 0 fully saturated rings. The summed E-state index contributed by atoms with van der Waals surface area (Å²) in [4.78, 5) is 24.6. The van der Waals surface area contributed by atoms with Crippen molar-refractivity contribution in [1.82, 2.24) is 15.1 Å².